The second-order valence-electron chi connectivity index (χ2n) is 24.8. The number of primary amides is 1. The molecule has 594 valence electrons. The number of furan rings is 6. The van der Waals surface area contributed by atoms with Gasteiger partial charge in [0.05, 0.1) is 19.8 Å². The van der Waals surface area contributed by atoms with Crippen molar-refractivity contribution >= 4 is 96.3 Å². The number of urea groups is 2. The minimum atomic E-state index is -0.595. The summed E-state index contributed by atoms with van der Waals surface area (Å²) < 4.78 is 43.0. The van der Waals surface area contributed by atoms with Crippen LogP contribution in [0.1, 0.15) is 108 Å². The number of anilines is 4. The van der Waals surface area contributed by atoms with E-state index in [4.69, 9.17) is 32.2 Å². The van der Waals surface area contributed by atoms with Crippen molar-refractivity contribution in [1.29, 1.82) is 0 Å². The van der Waals surface area contributed by atoms with Crippen molar-refractivity contribution in [3.8, 4) is 67.9 Å². The molecular formula is C89H88N6O20. The molecule has 0 aliphatic carbocycles. The first-order valence-corrected chi connectivity index (χ1v) is 36.3. The summed E-state index contributed by atoms with van der Waals surface area (Å²) in [6.07, 6.45) is 11.1. The molecule has 12 rings (SSSR count). The number of benzene rings is 6. The number of aldehydes is 6. The van der Waals surface area contributed by atoms with Gasteiger partial charge in [-0.1, -0.05) is 36.4 Å². The highest BCUT2D eigenvalue weighted by Gasteiger charge is 2.14. The molecule has 12 aromatic rings. The fourth-order valence-corrected chi connectivity index (χ4v) is 10.5. The number of carbonyl (C=O) groups is 12. The molecule has 0 atom stereocenters. The summed E-state index contributed by atoms with van der Waals surface area (Å²) in [5.41, 5.74) is 14.4. The lowest BCUT2D eigenvalue weighted by molar-refractivity contribution is -0.114. The van der Waals surface area contributed by atoms with Crippen molar-refractivity contribution in [1.82, 2.24) is 5.32 Å². The third-order valence-electron chi connectivity index (χ3n) is 16.4. The van der Waals surface area contributed by atoms with Gasteiger partial charge in [-0.3, -0.25) is 14.9 Å². The number of esters is 1. The predicted molar refractivity (Wildman–Crippen MR) is 434 cm³/mol. The van der Waals surface area contributed by atoms with Crippen LogP contribution in [0.25, 0.3) is 67.9 Å². The van der Waals surface area contributed by atoms with Crippen LogP contribution in [0.3, 0.4) is 0 Å². The normalized spacial score (nSPS) is 10.1. The van der Waals surface area contributed by atoms with Crippen molar-refractivity contribution in [2.75, 3.05) is 42.5 Å². The number of nitrogens with two attached hydrogens (primary N) is 1. The first kappa shape index (κ1) is 87.7. The molecule has 0 aliphatic heterocycles. The largest absolute Gasteiger partial charge is 0.465 e. The highest BCUT2D eigenvalue weighted by molar-refractivity contribution is 5.95. The Labute approximate surface area is 663 Å². The van der Waals surface area contributed by atoms with E-state index < -0.39 is 12.1 Å². The van der Waals surface area contributed by atoms with E-state index in [2.05, 4.69) is 36.1 Å². The molecular weight excluding hydrogens is 1470 g/mol. The van der Waals surface area contributed by atoms with Crippen LogP contribution in [0.15, 0.2) is 245 Å². The Kier molecular flexibility index (Phi) is 36.2. The molecule has 0 fully saturated rings. The van der Waals surface area contributed by atoms with Gasteiger partial charge < -0.3 is 91.7 Å². The summed E-state index contributed by atoms with van der Waals surface area (Å²) in [7, 11) is 4.23. The summed E-state index contributed by atoms with van der Waals surface area (Å²) in [4.78, 5) is 128. The van der Waals surface area contributed by atoms with Crippen LogP contribution in [0.2, 0.25) is 0 Å². The second kappa shape index (κ2) is 47.5. The Balaban J connectivity index is 0.000000191. The SMILES string of the molecule is CC(=O)Nc1ccc(-c2ccc(CCC=O)o2)cc1.CC(=O)c1ccc(-c2ccc(CCC=O)o2)cc1.CNC(=O)Nc1ccc(-c2ccc(CCC=O)o2)cc1.COC(=O)Nc1ccc(-c2ccc(CCC=O)o2)cc1.COC(=O)c1ccc(-c2ccc(CCC=O)o2)cc1.NC(=O)Nc1ccc(-c2ccc(CCC=O)o2)cc1. The summed E-state index contributed by atoms with van der Waals surface area (Å²) >= 11 is 0. The maximum absolute atomic E-state index is 11.3. The lowest BCUT2D eigenvalue weighted by atomic mass is 10.1. The van der Waals surface area contributed by atoms with Crippen LogP contribution in [-0.4, -0.2) is 94.8 Å². The van der Waals surface area contributed by atoms with Gasteiger partial charge in [0.1, 0.15) is 107 Å². The molecule has 6 amide bonds. The second-order valence-corrected chi connectivity index (χ2v) is 24.8. The van der Waals surface area contributed by atoms with Crippen LogP contribution in [0.4, 0.5) is 37.1 Å². The van der Waals surface area contributed by atoms with Gasteiger partial charge >= 0.3 is 24.1 Å². The van der Waals surface area contributed by atoms with Crippen LogP contribution in [0.5, 0.6) is 0 Å². The Morgan fingerprint density at radius 2 is 0.557 bits per heavy atom. The number of methoxy groups -OCH3 is 2. The molecule has 0 saturated carbocycles. The maximum atomic E-state index is 11.3. The van der Waals surface area contributed by atoms with Crippen molar-refractivity contribution in [3.63, 3.8) is 0 Å². The minimum absolute atomic E-state index is 0.0488. The Morgan fingerprint density at radius 3 is 0.783 bits per heavy atom. The van der Waals surface area contributed by atoms with Gasteiger partial charge in [-0.2, -0.15) is 0 Å². The number of rotatable bonds is 30. The third kappa shape index (κ3) is 30.0. The van der Waals surface area contributed by atoms with E-state index >= 15 is 0 Å². The van der Waals surface area contributed by atoms with E-state index in [9.17, 15) is 57.5 Å². The third-order valence-corrected chi connectivity index (χ3v) is 16.4. The molecule has 7 N–H and O–H groups in total. The number of Topliss-reactive ketones (excluding diaryl/α,β-unsaturated/α-hetero) is 1. The monoisotopic (exact) mass is 1560 g/mol. The van der Waals surface area contributed by atoms with Gasteiger partial charge in [-0.15, -0.1) is 0 Å². The van der Waals surface area contributed by atoms with E-state index in [1.165, 1.54) is 21.1 Å². The van der Waals surface area contributed by atoms with Crippen molar-refractivity contribution in [2.24, 2.45) is 5.73 Å². The highest BCUT2D eigenvalue weighted by Crippen LogP contribution is 2.30. The highest BCUT2D eigenvalue weighted by atomic mass is 16.5. The minimum Gasteiger partial charge on any atom is -0.465 e. The van der Waals surface area contributed by atoms with Gasteiger partial charge in [0.2, 0.25) is 5.91 Å². The number of nitrogens with one attached hydrogen (secondary N) is 5. The zero-order valence-electron chi connectivity index (χ0n) is 64.0. The van der Waals surface area contributed by atoms with E-state index in [0.29, 0.717) is 105 Å². The number of hydrogen-bond donors (Lipinski definition) is 6. The molecule has 0 unspecified atom stereocenters. The molecule has 0 aliphatic rings. The molecule has 0 bridgehead atoms. The molecule has 0 spiro atoms. The number of aryl methyl sites for hydroxylation is 6. The predicted octanol–water partition coefficient (Wildman–Crippen LogP) is 17.8. The van der Waals surface area contributed by atoms with Crippen molar-refractivity contribution < 1.29 is 93.5 Å². The van der Waals surface area contributed by atoms with Gasteiger partial charge in [-0.25, -0.2) is 19.2 Å². The van der Waals surface area contributed by atoms with Crippen LogP contribution < -0.4 is 32.3 Å². The lowest BCUT2D eigenvalue weighted by Gasteiger charge is -2.04. The molecule has 26 nitrogen and oxygen atoms in total. The number of ether oxygens (including phenoxy) is 2. The molecule has 26 heteroatoms. The van der Waals surface area contributed by atoms with Gasteiger partial charge in [0, 0.05) is 153 Å². The van der Waals surface area contributed by atoms with E-state index in [0.717, 1.165) is 146 Å². The molecule has 0 saturated heterocycles. The Bertz CT molecular complexity index is 4870. The van der Waals surface area contributed by atoms with E-state index in [-0.39, 0.29) is 23.7 Å². The number of ketones is 1. The summed E-state index contributed by atoms with van der Waals surface area (Å²) in [6, 6.07) is 64.9. The van der Waals surface area contributed by atoms with E-state index in [1.807, 2.05) is 146 Å². The van der Waals surface area contributed by atoms with E-state index in [1.54, 1.807) is 86.8 Å². The maximum Gasteiger partial charge on any atom is 0.411 e. The van der Waals surface area contributed by atoms with Crippen LogP contribution in [0, 0.1) is 0 Å². The topological polar surface area (TPSA) is 388 Å². The summed E-state index contributed by atoms with van der Waals surface area (Å²) in [5, 5.41) is 12.9. The fraction of sp³-hybridized carbons (Fsp3) is 0.191. The molecule has 6 heterocycles. The average molecular weight is 1560 g/mol. The van der Waals surface area contributed by atoms with Gasteiger partial charge in [-0.05, 0) is 189 Å². The number of amides is 6. The standard InChI is InChI=1S/C15H16N2O3.C15H15NO4.C15H15NO3.C15H14O4.C15H14O3.C14H14N2O3/c1-16-15(19)17-12-6-4-11(5-7-12)14-9-8-13(20-14)3-2-10-18;1-19-15(18)16-12-6-4-11(5-7-12)14-9-8-13(20-14)3-2-10-17;1-11(18)16-13-6-4-12(5-7-13)15-9-8-14(19-15)3-2-10-17;1-18-15(17)12-6-4-11(5-7-12)14-9-8-13(19-14)3-2-10-16;1-11(17)12-4-6-13(7-5-12)15-9-8-14(18-15)3-2-10-16;15-14(18)16-11-5-3-10(4-6-11)13-8-7-12(19-13)2-1-9-17/h4-10H,2-3H2,1H3,(H2,16,17,19);4-10H,2-3H2,1H3,(H,16,18);4-10H,2-3H2,1H3,(H,16,18);4-10H,2-3H2,1H3;4-10H,2-3H2,1H3;3-9H,1-2H2,(H3,15,16,18). The zero-order chi connectivity index (χ0) is 82.7. The molecule has 115 heavy (non-hydrogen) atoms. The molecule has 6 aromatic carbocycles. The fourth-order valence-electron chi connectivity index (χ4n) is 10.5. The Hall–Kier alpha value is -14.6. The smallest absolute Gasteiger partial charge is 0.411 e. The first-order chi connectivity index (χ1) is 55.8. The van der Waals surface area contributed by atoms with Gasteiger partial charge in [0.15, 0.2) is 5.78 Å². The van der Waals surface area contributed by atoms with Crippen molar-refractivity contribution in [2.45, 2.75) is 90.9 Å². The zero-order valence-corrected chi connectivity index (χ0v) is 64.0. The summed E-state index contributed by atoms with van der Waals surface area (Å²) in [6.45, 7) is 3.01. The quantitative estimate of drug-likeness (QED) is 0.0138. The molecule has 0 radical (unpaired) electrons. The number of carbonyl (C=O) groups excluding carboxylic acids is 12. The Morgan fingerprint density at radius 1 is 0.313 bits per heavy atom. The number of hydrogen-bond acceptors (Lipinski definition) is 20. The first-order valence-electron chi connectivity index (χ1n) is 36.3. The summed E-state index contributed by atoms with van der Waals surface area (Å²) in [5.74, 6) is 8.76. The van der Waals surface area contributed by atoms with Crippen LogP contribution >= 0.6 is 0 Å². The van der Waals surface area contributed by atoms with Gasteiger partial charge in [0.25, 0.3) is 0 Å². The molecule has 6 aromatic heterocycles. The van der Waals surface area contributed by atoms with Crippen LogP contribution in [-0.2, 0) is 81.6 Å². The lowest BCUT2D eigenvalue weighted by Crippen LogP contribution is -2.24. The van der Waals surface area contributed by atoms with Crippen molar-refractivity contribution in [3.05, 3.63) is 264 Å². The average Bonchev–Trinajstić information content (AvgIpc) is 1.77.